The molecule has 0 aliphatic carbocycles. The SMILES string of the molecule is CC(CNc1ccnc(Cl)n1)CN1CCCC1. The summed E-state index contributed by atoms with van der Waals surface area (Å²) in [7, 11) is 0. The molecule has 0 amide bonds. The number of hydrogen-bond donors (Lipinski definition) is 1. The fourth-order valence-corrected chi connectivity index (χ4v) is 2.33. The van der Waals surface area contributed by atoms with E-state index in [-0.39, 0.29) is 0 Å². The van der Waals surface area contributed by atoms with Gasteiger partial charge in [0, 0.05) is 19.3 Å². The van der Waals surface area contributed by atoms with Crippen LogP contribution in [0.2, 0.25) is 5.28 Å². The summed E-state index contributed by atoms with van der Waals surface area (Å²) in [5.74, 6) is 1.42. The van der Waals surface area contributed by atoms with Crippen LogP contribution >= 0.6 is 11.6 Å². The Morgan fingerprint density at radius 3 is 2.94 bits per heavy atom. The standard InChI is InChI=1S/C12H19ClN4/c1-10(9-17-6-2-3-7-17)8-15-11-4-5-14-12(13)16-11/h4-5,10H,2-3,6-9H2,1H3,(H,14,15,16). The molecule has 0 radical (unpaired) electrons. The molecule has 1 aliphatic rings. The van der Waals surface area contributed by atoms with Crippen molar-refractivity contribution in [2.75, 3.05) is 31.5 Å². The molecule has 1 unspecified atom stereocenters. The van der Waals surface area contributed by atoms with Crippen molar-refractivity contribution in [1.29, 1.82) is 0 Å². The van der Waals surface area contributed by atoms with Gasteiger partial charge in [-0.05, 0) is 49.5 Å². The monoisotopic (exact) mass is 254 g/mol. The van der Waals surface area contributed by atoms with Crippen LogP contribution in [-0.2, 0) is 0 Å². The van der Waals surface area contributed by atoms with Gasteiger partial charge >= 0.3 is 0 Å². The summed E-state index contributed by atoms with van der Waals surface area (Å²) in [4.78, 5) is 10.5. The smallest absolute Gasteiger partial charge is 0.224 e. The Balaban J connectivity index is 1.73. The molecule has 5 heteroatoms. The Kier molecular flexibility index (Phi) is 4.57. The Hall–Kier alpha value is -0.870. The van der Waals surface area contributed by atoms with Gasteiger partial charge in [0.15, 0.2) is 0 Å². The van der Waals surface area contributed by atoms with Crippen molar-refractivity contribution in [2.24, 2.45) is 5.92 Å². The summed E-state index contributed by atoms with van der Waals surface area (Å²) in [5.41, 5.74) is 0. The molecule has 1 saturated heterocycles. The summed E-state index contributed by atoms with van der Waals surface area (Å²) in [6, 6.07) is 1.84. The number of likely N-dealkylation sites (tertiary alicyclic amines) is 1. The summed E-state index contributed by atoms with van der Waals surface area (Å²) in [6.45, 7) is 6.84. The van der Waals surface area contributed by atoms with Crippen LogP contribution < -0.4 is 5.32 Å². The van der Waals surface area contributed by atoms with Crippen molar-refractivity contribution >= 4 is 17.4 Å². The minimum Gasteiger partial charge on any atom is -0.370 e. The minimum absolute atomic E-state index is 0.294. The van der Waals surface area contributed by atoms with Crippen LogP contribution in [0.3, 0.4) is 0 Å². The minimum atomic E-state index is 0.294. The lowest BCUT2D eigenvalue weighted by atomic mass is 10.1. The van der Waals surface area contributed by atoms with Crippen LogP contribution in [0.15, 0.2) is 12.3 Å². The van der Waals surface area contributed by atoms with Crippen LogP contribution in [0.5, 0.6) is 0 Å². The molecule has 94 valence electrons. The van der Waals surface area contributed by atoms with Crippen LogP contribution in [0.4, 0.5) is 5.82 Å². The summed E-state index contributed by atoms with van der Waals surface area (Å²) in [5, 5.41) is 3.59. The molecule has 1 aromatic rings. The highest BCUT2D eigenvalue weighted by molar-refractivity contribution is 6.28. The maximum Gasteiger partial charge on any atom is 0.224 e. The lowest BCUT2D eigenvalue weighted by Gasteiger charge is -2.20. The van der Waals surface area contributed by atoms with Gasteiger partial charge in [-0.15, -0.1) is 0 Å². The Labute approximate surface area is 107 Å². The molecule has 1 aromatic heterocycles. The van der Waals surface area contributed by atoms with E-state index in [0.29, 0.717) is 11.2 Å². The lowest BCUT2D eigenvalue weighted by Crippen LogP contribution is -2.29. The maximum atomic E-state index is 5.73. The fourth-order valence-electron chi connectivity index (χ4n) is 2.18. The second kappa shape index (κ2) is 6.17. The van der Waals surface area contributed by atoms with Crippen molar-refractivity contribution in [3.63, 3.8) is 0 Å². The van der Waals surface area contributed by atoms with E-state index in [4.69, 9.17) is 11.6 Å². The average Bonchev–Trinajstić information content (AvgIpc) is 2.79. The quantitative estimate of drug-likeness (QED) is 0.819. The Morgan fingerprint density at radius 2 is 2.24 bits per heavy atom. The van der Waals surface area contributed by atoms with Crippen LogP contribution in [-0.4, -0.2) is 41.0 Å². The van der Waals surface area contributed by atoms with E-state index in [0.717, 1.165) is 18.9 Å². The van der Waals surface area contributed by atoms with E-state index in [2.05, 4.69) is 27.1 Å². The van der Waals surface area contributed by atoms with Crippen molar-refractivity contribution in [1.82, 2.24) is 14.9 Å². The number of halogens is 1. The topological polar surface area (TPSA) is 41.1 Å². The molecule has 17 heavy (non-hydrogen) atoms. The van der Waals surface area contributed by atoms with E-state index in [1.807, 2.05) is 6.07 Å². The van der Waals surface area contributed by atoms with E-state index >= 15 is 0 Å². The van der Waals surface area contributed by atoms with Gasteiger partial charge in [0.25, 0.3) is 0 Å². The second-order valence-electron chi connectivity index (χ2n) is 4.70. The van der Waals surface area contributed by atoms with Crippen molar-refractivity contribution in [2.45, 2.75) is 19.8 Å². The highest BCUT2D eigenvalue weighted by atomic mass is 35.5. The summed E-state index contributed by atoms with van der Waals surface area (Å²) in [6.07, 6.45) is 4.37. The molecular formula is C12H19ClN4. The first kappa shape index (κ1) is 12.6. The molecule has 1 N–H and O–H groups in total. The molecule has 1 aliphatic heterocycles. The third-order valence-electron chi connectivity index (χ3n) is 3.03. The van der Waals surface area contributed by atoms with Gasteiger partial charge in [-0.1, -0.05) is 6.92 Å². The number of aromatic nitrogens is 2. The zero-order valence-corrected chi connectivity index (χ0v) is 11.0. The van der Waals surface area contributed by atoms with Crippen LogP contribution in [0.25, 0.3) is 0 Å². The van der Waals surface area contributed by atoms with Gasteiger partial charge in [-0.25, -0.2) is 9.97 Å². The first-order valence-corrected chi connectivity index (χ1v) is 6.56. The van der Waals surface area contributed by atoms with Gasteiger partial charge in [0.2, 0.25) is 5.28 Å². The molecule has 2 rings (SSSR count). The highest BCUT2D eigenvalue weighted by Crippen LogP contribution is 2.11. The second-order valence-corrected chi connectivity index (χ2v) is 5.04. The van der Waals surface area contributed by atoms with Gasteiger partial charge in [0.1, 0.15) is 5.82 Å². The van der Waals surface area contributed by atoms with Crippen molar-refractivity contribution in [3.8, 4) is 0 Å². The molecule has 1 atom stereocenters. The van der Waals surface area contributed by atoms with Crippen molar-refractivity contribution < 1.29 is 0 Å². The van der Waals surface area contributed by atoms with Gasteiger partial charge < -0.3 is 10.2 Å². The molecule has 2 heterocycles. The Bertz CT molecular complexity index is 352. The maximum absolute atomic E-state index is 5.73. The van der Waals surface area contributed by atoms with E-state index in [1.54, 1.807) is 6.20 Å². The summed E-state index contributed by atoms with van der Waals surface area (Å²) < 4.78 is 0. The summed E-state index contributed by atoms with van der Waals surface area (Å²) >= 11 is 5.73. The first-order chi connectivity index (χ1) is 8.24. The largest absolute Gasteiger partial charge is 0.370 e. The predicted molar refractivity (Wildman–Crippen MR) is 70.4 cm³/mol. The number of nitrogens with one attached hydrogen (secondary N) is 1. The third-order valence-corrected chi connectivity index (χ3v) is 3.21. The molecule has 1 fully saturated rings. The zero-order valence-electron chi connectivity index (χ0n) is 10.2. The van der Waals surface area contributed by atoms with Gasteiger partial charge in [-0.3, -0.25) is 0 Å². The molecule has 0 aromatic carbocycles. The highest BCUT2D eigenvalue weighted by Gasteiger charge is 2.14. The fraction of sp³-hybridized carbons (Fsp3) is 0.667. The van der Waals surface area contributed by atoms with E-state index < -0.39 is 0 Å². The number of nitrogens with zero attached hydrogens (tertiary/aromatic N) is 3. The van der Waals surface area contributed by atoms with Gasteiger partial charge in [0.05, 0.1) is 0 Å². The lowest BCUT2D eigenvalue weighted by molar-refractivity contribution is 0.294. The van der Waals surface area contributed by atoms with Crippen molar-refractivity contribution in [3.05, 3.63) is 17.5 Å². The molecule has 4 nitrogen and oxygen atoms in total. The molecule has 0 spiro atoms. The molecule has 0 bridgehead atoms. The van der Waals surface area contributed by atoms with Crippen LogP contribution in [0, 0.1) is 5.92 Å². The zero-order chi connectivity index (χ0) is 12.1. The Morgan fingerprint density at radius 1 is 1.47 bits per heavy atom. The number of hydrogen-bond acceptors (Lipinski definition) is 4. The van der Waals surface area contributed by atoms with E-state index in [1.165, 1.54) is 25.9 Å². The first-order valence-electron chi connectivity index (χ1n) is 6.19. The number of rotatable bonds is 5. The number of anilines is 1. The van der Waals surface area contributed by atoms with Gasteiger partial charge in [-0.2, -0.15) is 0 Å². The van der Waals surface area contributed by atoms with E-state index in [9.17, 15) is 0 Å². The third kappa shape index (κ3) is 4.13. The molecule has 0 saturated carbocycles. The average molecular weight is 255 g/mol. The van der Waals surface area contributed by atoms with Crippen LogP contribution in [0.1, 0.15) is 19.8 Å². The normalized spacial score (nSPS) is 18.2. The predicted octanol–water partition coefficient (Wildman–Crippen LogP) is 2.27. The molecular weight excluding hydrogens is 236 g/mol.